The molecule has 0 heteroatoms. The van der Waals surface area contributed by atoms with Gasteiger partial charge in [0.1, 0.15) is 0 Å². The van der Waals surface area contributed by atoms with Crippen LogP contribution in [-0.2, 0) is 0 Å². The van der Waals surface area contributed by atoms with Gasteiger partial charge in [-0.15, -0.1) is 0 Å². The summed E-state index contributed by atoms with van der Waals surface area (Å²) in [6.07, 6.45) is 19.0. The van der Waals surface area contributed by atoms with Gasteiger partial charge < -0.3 is 0 Å². The van der Waals surface area contributed by atoms with E-state index in [1.807, 2.05) is 0 Å². The van der Waals surface area contributed by atoms with E-state index in [1.165, 1.54) is 25.7 Å². The van der Waals surface area contributed by atoms with Crippen LogP contribution in [0.25, 0.3) is 0 Å². The van der Waals surface area contributed by atoms with Crippen LogP contribution in [0.2, 0.25) is 0 Å². The lowest BCUT2D eigenvalue weighted by Crippen LogP contribution is -1.92. The zero-order chi connectivity index (χ0) is 9.38. The van der Waals surface area contributed by atoms with Gasteiger partial charge in [-0.3, -0.25) is 0 Å². The molecule has 1 fully saturated rings. The summed E-state index contributed by atoms with van der Waals surface area (Å²) >= 11 is 0. The van der Waals surface area contributed by atoms with E-state index in [4.69, 9.17) is 0 Å². The molecule has 14 heavy (non-hydrogen) atoms. The second-order valence-electron chi connectivity index (χ2n) is 4.63. The minimum atomic E-state index is 0.801. The molecule has 0 radical (unpaired) electrons. The van der Waals surface area contributed by atoms with Crippen molar-refractivity contribution in [3.05, 3.63) is 47.6 Å². The lowest BCUT2D eigenvalue weighted by Gasteiger charge is -2.08. The van der Waals surface area contributed by atoms with E-state index in [-0.39, 0.29) is 0 Å². The molecule has 2 atom stereocenters. The summed E-state index contributed by atoms with van der Waals surface area (Å²) in [6.45, 7) is 0. The Morgan fingerprint density at radius 2 is 2.36 bits per heavy atom. The Kier molecular flexibility index (Phi) is 1.93. The van der Waals surface area contributed by atoms with E-state index in [2.05, 4.69) is 36.5 Å². The molecule has 1 saturated carbocycles. The van der Waals surface area contributed by atoms with Crippen LogP contribution in [-0.4, -0.2) is 0 Å². The van der Waals surface area contributed by atoms with E-state index in [9.17, 15) is 0 Å². The molecule has 2 unspecified atom stereocenters. The van der Waals surface area contributed by atoms with Crippen molar-refractivity contribution >= 4 is 0 Å². The van der Waals surface area contributed by atoms with Crippen molar-refractivity contribution in [3.63, 3.8) is 0 Å². The van der Waals surface area contributed by atoms with Gasteiger partial charge in [0.25, 0.3) is 0 Å². The average Bonchev–Trinajstić information content (AvgIpc) is 2.91. The van der Waals surface area contributed by atoms with Gasteiger partial charge in [0.2, 0.25) is 0 Å². The van der Waals surface area contributed by atoms with Crippen molar-refractivity contribution in [3.8, 4) is 0 Å². The number of rotatable bonds is 2. The number of hydrogen-bond donors (Lipinski definition) is 0. The van der Waals surface area contributed by atoms with E-state index >= 15 is 0 Å². The fourth-order valence-corrected chi connectivity index (χ4v) is 2.79. The Morgan fingerprint density at radius 3 is 3.00 bits per heavy atom. The predicted molar refractivity (Wildman–Crippen MR) is 59.9 cm³/mol. The van der Waals surface area contributed by atoms with Gasteiger partial charge in [-0.05, 0) is 37.5 Å². The first-order chi connectivity index (χ1) is 6.92. The van der Waals surface area contributed by atoms with Gasteiger partial charge >= 0.3 is 0 Å². The van der Waals surface area contributed by atoms with Crippen LogP contribution in [0.4, 0.5) is 0 Å². The summed E-state index contributed by atoms with van der Waals surface area (Å²) in [7, 11) is 0. The predicted octanol–water partition coefficient (Wildman–Crippen LogP) is 3.79. The van der Waals surface area contributed by atoms with E-state index in [1.54, 1.807) is 11.1 Å². The largest absolute Gasteiger partial charge is 0.0845 e. The molecule has 72 valence electrons. The molecule has 0 nitrogen and oxygen atoms in total. The maximum absolute atomic E-state index is 2.48. The molecule has 0 spiro atoms. The van der Waals surface area contributed by atoms with Crippen LogP contribution in [0.5, 0.6) is 0 Å². The fourth-order valence-electron chi connectivity index (χ4n) is 2.79. The highest BCUT2D eigenvalue weighted by Gasteiger charge is 2.30. The third-order valence-corrected chi connectivity index (χ3v) is 3.62. The summed E-state index contributed by atoms with van der Waals surface area (Å²) in [5.74, 6) is 1.68. The number of allylic oxidation sites excluding steroid dienone is 8. The molecule has 0 heterocycles. The summed E-state index contributed by atoms with van der Waals surface area (Å²) < 4.78 is 0. The first kappa shape index (κ1) is 8.28. The summed E-state index contributed by atoms with van der Waals surface area (Å²) in [6, 6.07) is 0. The van der Waals surface area contributed by atoms with Crippen LogP contribution >= 0.6 is 0 Å². The maximum atomic E-state index is 2.48. The highest BCUT2D eigenvalue weighted by atomic mass is 14.3. The van der Waals surface area contributed by atoms with Gasteiger partial charge in [0.15, 0.2) is 0 Å². The van der Waals surface area contributed by atoms with E-state index < -0.39 is 0 Å². The highest BCUT2D eigenvalue weighted by Crippen LogP contribution is 2.43. The molecule has 0 aromatic carbocycles. The lowest BCUT2D eigenvalue weighted by molar-refractivity contribution is 0.693. The van der Waals surface area contributed by atoms with Crippen molar-refractivity contribution in [2.24, 2.45) is 11.8 Å². The van der Waals surface area contributed by atoms with Gasteiger partial charge in [-0.1, -0.05) is 47.6 Å². The van der Waals surface area contributed by atoms with Crippen molar-refractivity contribution in [1.29, 1.82) is 0 Å². The van der Waals surface area contributed by atoms with Gasteiger partial charge in [0.05, 0.1) is 0 Å². The molecule has 0 aromatic rings. The molecule has 0 aliphatic heterocycles. The Morgan fingerprint density at radius 1 is 1.36 bits per heavy atom. The normalized spacial score (nSPS) is 36.0. The van der Waals surface area contributed by atoms with Crippen LogP contribution in [0, 0.1) is 11.8 Å². The van der Waals surface area contributed by atoms with Gasteiger partial charge in [-0.2, -0.15) is 0 Å². The zero-order valence-electron chi connectivity index (χ0n) is 8.45. The van der Waals surface area contributed by atoms with Crippen molar-refractivity contribution in [2.75, 3.05) is 0 Å². The van der Waals surface area contributed by atoms with E-state index in [0.717, 1.165) is 11.8 Å². The van der Waals surface area contributed by atoms with Gasteiger partial charge in [0, 0.05) is 0 Å². The SMILES string of the molecule is C1=CCC(CC=C2CC3C=CC2C3)=C1. The zero-order valence-corrected chi connectivity index (χ0v) is 8.45. The summed E-state index contributed by atoms with van der Waals surface area (Å²) in [5.41, 5.74) is 3.27. The van der Waals surface area contributed by atoms with Crippen LogP contribution in [0.3, 0.4) is 0 Å². The molecule has 0 saturated heterocycles. The fraction of sp³-hybridized carbons (Fsp3) is 0.429. The molecule has 0 amide bonds. The molecule has 3 rings (SSSR count). The molecule has 2 bridgehead atoms. The number of fused-ring (bicyclic) bond motifs is 2. The highest BCUT2D eigenvalue weighted by molar-refractivity contribution is 5.30. The third kappa shape index (κ3) is 1.39. The van der Waals surface area contributed by atoms with Crippen LogP contribution in [0.15, 0.2) is 47.6 Å². The van der Waals surface area contributed by atoms with Crippen molar-refractivity contribution in [2.45, 2.75) is 25.7 Å². The van der Waals surface area contributed by atoms with Crippen LogP contribution in [0.1, 0.15) is 25.7 Å². The lowest BCUT2D eigenvalue weighted by atomic mass is 9.98. The second-order valence-corrected chi connectivity index (χ2v) is 4.63. The molecule has 0 N–H and O–H groups in total. The van der Waals surface area contributed by atoms with Crippen LogP contribution < -0.4 is 0 Å². The average molecular weight is 184 g/mol. The van der Waals surface area contributed by atoms with Gasteiger partial charge in [-0.25, -0.2) is 0 Å². The Bertz CT molecular complexity index is 352. The molecular formula is C14H16. The maximum Gasteiger partial charge on any atom is -0.00171 e. The molecule has 0 aromatic heterocycles. The smallest absolute Gasteiger partial charge is 0.00171 e. The topological polar surface area (TPSA) is 0 Å². The standard InChI is InChI=1S/C14H16/c1-2-4-11(3-1)5-7-13-9-12-6-8-14(13)10-12/h1-3,6-8,12,14H,4-5,9-10H2. The monoisotopic (exact) mass is 184 g/mol. The first-order valence-corrected chi connectivity index (χ1v) is 5.63. The Labute approximate surface area is 85.7 Å². The number of hydrogen-bond acceptors (Lipinski definition) is 0. The second kappa shape index (κ2) is 3.27. The molecular weight excluding hydrogens is 168 g/mol. The van der Waals surface area contributed by atoms with E-state index in [0.29, 0.717) is 0 Å². The first-order valence-electron chi connectivity index (χ1n) is 5.63. The van der Waals surface area contributed by atoms with Crippen molar-refractivity contribution in [1.82, 2.24) is 0 Å². The Balaban J connectivity index is 1.66. The molecule has 3 aliphatic rings. The minimum absolute atomic E-state index is 0.801. The third-order valence-electron chi connectivity index (χ3n) is 3.62. The Hall–Kier alpha value is -1.04. The van der Waals surface area contributed by atoms with Crippen molar-refractivity contribution < 1.29 is 0 Å². The summed E-state index contributed by atoms with van der Waals surface area (Å²) in [4.78, 5) is 0. The molecule has 3 aliphatic carbocycles. The summed E-state index contributed by atoms with van der Waals surface area (Å²) in [5, 5.41) is 0. The minimum Gasteiger partial charge on any atom is -0.0845 e. The quantitative estimate of drug-likeness (QED) is 0.573.